The summed E-state index contributed by atoms with van der Waals surface area (Å²) in [6.07, 6.45) is -3.43. The third-order valence-corrected chi connectivity index (χ3v) is 13.3. The van der Waals surface area contributed by atoms with Crippen molar-refractivity contribution in [2.45, 2.75) is 149 Å². The van der Waals surface area contributed by atoms with E-state index >= 15 is 0 Å². The van der Waals surface area contributed by atoms with Gasteiger partial charge in [-0.3, -0.25) is 19.2 Å². The maximum atomic E-state index is 11.3. The van der Waals surface area contributed by atoms with E-state index in [1.165, 1.54) is 0 Å². The van der Waals surface area contributed by atoms with Gasteiger partial charge in [-0.1, -0.05) is 121 Å². The van der Waals surface area contributed by atoms with E-state index in [0.29, 0.717) is 25.7 Å². The number of aliphatic hydroxyl groups is 4. The summed E-state index contributed by atoms with van der Waals surface area (Å²) in [4.78, 5) is 45.0. The lowest BCUT2D eigenvalue weighted by molar-refractivity contribution is -0.218. The molecule has 16 heteroatoms. The largest absolute Gasteiger partial charge is 0.459 e. The topological polar surface area (TPSA) is 223 Å². The predicted octanol–water partition coefficient (Wildman–Crippen LogP) is 4.77. The monoisotopic (exact) mass is 936 g/mol. The fourth-order valence-electron chi connectivity index (χ4n) is 10.0. The average Bonchev–Trinajstić information content (AvgIpc) is 3.35. The Hall–Kier alpha value is -5.56. The molecule has 8 heterocycles. The van der Waals surface area contributed by atoms with Crippen molar-refractivity contribution < 1.29 is 77.5 Å². The van der Waals surface area contributed by atoms with Gasteiger partial charge < -0.3 is 58.3 Å². The summed E-state index contributed by atoms with van der Waals surface area (Å²) < 4.78 is 43.7. The normalized spacial score (nSPS) is 36.4. The first kappa shape index (κ1) is 47.5. The van der Waals surface area contributed by atoms with Gasteiger partial charge in [0.15, 0.2) is 0 Å². The van der Waals surface area contributed by atoms with Gasteiger partial charge in [-0.05, 0) is 22.3 Å². The molecule has 68 heavy (non-hydrogen) atoms. The summed E-state index contributed by atoms with van der Waals surface area (Å²) in [5, 5.41) is 40.6. The van der Waals surface area contributed by atoms with Crippen LogP contribution in [0.1, 0.15) is 98.0 Å². The Labute approximate surface area is 393 Å². The molecule has 16 atom stereocenters. The second kappa shape index (κ2) is 21.4. The Bertz CT molecular complexity index is 1990. The van der Waals surface area contributed by atoms with Gasteiger partial charge in [-0.25, -0.2) is 0 Å². The van der Waals surface area contributed by atoms with Gasteiger partial charge in [0.1, 0.15) is 73.2 Å². The van der Waals surface area contributed by atoms with Crippen molar-refractivity contribution in [2.24, 2.45) is 0 Å². The van der Waals surface area contributed by atoms with Crippen LogP contribution in [0.2, 0.25) is 0 Å². The molecule has 0 aliphatic carbocycles. The fraction of sp³-hybridized carbons (Fsp3) is 0.462. The number of hydrogen-bond donors (Lipinski definition) is 4. The van der Waals surface area contributed by atoms with E-state index in [-0.39, 0.29) is 74.0 Å². The van der Waals surface area contributed by atoms with Crippen molar-refractivity contribution in [1.29, 1.82) is 0 Å². The zero-order valence-corrected chi connectivity index (χ0v) is 37.1. The highest BCUT2D eigenvalue weighted by Gasteiger charge is 2.48. The summed E-state index contributed by atoms with van der Waals surface area (Å²) in [6.45, 7) is 0. The standard InChI is InChI=1S/4C13H14O4/c4*14-11-7-9-6-10(17-11)12(15)13(16-9)8-4-2-1-3-5-8/h4*1-5,9-10,12-13,15H,6-7H2/t4*9-,10-,12-,13+/m1111/s1. The van der Waals surface area contributed by atoms with Gasteiger partial charge in [0.05, 0.1) is 50.1 Å². The highest BCUT2D eigenvalue weighted by Crippen LogP contribution is 2.41. The fourth-order valence-corrected chi connectivity index (χ4v) is 10.0. The molecule has 4 aromatic carbocycles. The number of benzene rings is 4. The third kappa shape index (κ3) is 11.1. The summed E-state index contributed by atoms with van der Waals surface area (Å²) in [7, 11) is 0. The number of aliphatic hydroxyl groups excluding tert-OH is 4. The zero-order chi connectivity index (χ0) is 47.3. The summed E-state index contributed by atoms with van der Waals surface area (Å²) >= 11 is 0. The van der Waals surface area contributed by atoms with E-state index in [1.807, 2.05) is 121 Å². The number of hydrogen-bond acceptors (Lipinski definition) is 16. The Kier molecular flexibility index (Phi) is 14.9. The molecule has 0 spiro atoms. The van der Waals surface area contributed by atoms with Crippen LogP contribution in [0.5, 0.6) is 0 Å². The molecule has 0 aromatic heterocycles. The number of carbonyl (C=O) groups excluding carboxylic acids is 4. The Morgan fingerprint density at radius 1 is 0.309 bits per heavy atom. The number of rotatable bonds is 4. The van der Waals surface area contributed by atoms with Gasteiger partial charge in [0.2, 0.25) is 0 Å². The first-order valence-corrected chi connectivity index (χ1v) is 23.3. The minimum absolute atomic E-state index is 0.130. The lowest BCUT2D eigenvalue weighted by Crippen LogP contribution is -2.50. The minimum atomic E-state index is -0.780. The van der Waals surface area contributed by atoms with E-state index in [2.05, 4.69) is 0 Å². The molecule has 360 valence electrons. The van der Waals surface area contributed by atoms with Gasteiger partial charge >= 0.3 is 23.9 Å². The molecule has 8 aliphatic rings. The number of carbonyl (C=O) groups is 4. The second-order valence-corrected chi connectivity index (χ2v) is 18.2. The molecule has 8 aliphatic heterocycles. The van der Waals surface area contributed by atoms with Crippen LogP contribution < -0.4 is 0 Å². The van der Waals surface area contributed by atoms with Gasteiger partial charge in [-0.15, -0.1) is 0 Å². The molecule has 16 nitrogen and oxygen atoms in total. The first-order chi connectivity index (χ1) is 32.9. The predicted molar refractivity (Wildman–Crippen MR) is 237 cm³/mol. The molecule has 4 N–H and O–H groups in total. The number of fused-ring (bicyclic) bond motifs is 8. The lowest BCUT2D eigenvalue weighted by Gasteiger charge is -2.42. The zero-order valence-electron chi connectivity index (χ0n) is 37.1. The summed E-state index contributed by atoms with van der Waals surface area (Å²) in [5.41, 5.74) is 3.69. The van der Waals surface area contributed by atoms with Crippen LogP contribution in [0.4, 0.5) is 0 Å². The molecule has 12 rings (SSSR count). The lowest BCUT2D eigenvalue weighted by atomic mass is 9.90. The van der Waals surface area contributed by atoms with Crippen LogP contribution in [0.15, 0.2) is 121 Å². The number of ether oxygens (including phenoxy) is 8. The van der Waals surface area contributed by atoms with E-state index in [4.69, 9.17) is 37.9 Å². The highest BCUT2D eigenvalue weighted by atomic mass is 16.6. The molecule has 4 aromatic rings. The second-order valence-electron chi connectivity index (χ2n) is 18.2. The number of esters is 4. The summed E-state index contributed by atoms with van der Waals surface area (Å²) in [5.74, 6) is -1.12. The maximum absolute atomic E-state index is 11.3. The molecule has 8 saturated heterocycles. The molecular formula is C52H56O16. The highest BCUT2D eigenvalue weighted by molar-refractivity contribution is 5.72. The van der Waals surface area contributed by atoms with E-state index in [9.17, 15) is 39.6 Å². The molecule has 0 saturated carbocycles. The van der Waals surface area contributed by atoms with Crippen LogP contribution in [-0.4, -0.2) is 118 Å². The van der Waals surface area contributed by atoms with Crippen molar-refractivity contribution in [3.63, 3.8) is 0 Å². The van der Waals surface area contributed by atoms with Gasteiger partial charge in [0.25, 0.3) is 0 Å². The first-order valence-electron chi connectivity index (χ1n) is 23.3. The summed E-state index contributed by atoms with van der Waals surface area (Å²) in [6, 6.07) is 38.2. The molecule has 0 radical (unpaired) electrons. The third-order valence-electron chi connectivity index (χ3n) is 13.3. The van der Waals surface area contributed by atoms with Crippen molar-refractivity contribution in [2.75, 3.05) is 0 Å². The minimum Gasteiger partial charge on any atom is -0.459 e. The Morgan fingerprint density at radius 2 is 0.500 bits per heavy atom. The molecule has 8 fully saturated rings. The van der Waals surface area contributed by atoms with E-state index < -0.39 is 73.2 Å². The molecular weight excluding hydrogens is 881 g/mol. The van der Waals surface area contributed by atoms with E-state index in [1.54, 1.807) is 0 Å². The van der Waals surface area contributed by atoms with Crippen LogP contribution in [0.3, 0.4) is 0 Å². The van der Waals surface area contributed by atoms with Gasteiger partial charge in [-0.2, -0.15) is 0 Å². The van der Waals surface area contributed by atoms with Crippen molar-refractivity contribution in [1.82, 2.24) is 0 Å². The SMILES string of the molecule is O=C1C[C@H]2C[C@@H](O1)[C@@H](O)[C@H](c1ccccc1)O2.O=C1C[C@H]2C[C@@H](O1)[C@@H](O)[C@H](c1ccccc1)O2.O=C1C[C@H]2C[C@@H](O1)[C@@H](O)[C@H](c1ccccc1)O2.O=C1C[C@H]2C[C@@H](O1)[C@@H](O)[C@H](c1ccccc1)O2. The van der Waals surface area contributed by atoms with Crippen LogP contribution >= 0.6 is 0 Å². The molecule has 8 bridgehead atoms. The average molecular weight is 937 g/mol. The Morgan fingerprint density at radius 3 is 0.691 bits per heavy atom. The van der Waals surface area contributed by atoms with Crippen molar-refractivity contribution >= 4 is 23.9 Å². The van der Waals surface area contributed by atoms with Crippen molar-refractivity contribution in [3.8, 4) is 0 Å². The van der Waals surface area contributed by atoms with Gasteiger partial charge in [0, 0.05) is 25.7 Å². The smallest absolute Gasteiger partial charge is 0.308 e. The molecule has 0 amide bonds. The Balaban J connectivity index is 0.000000113. The van der Waals surface area contributed by atoms with Crippen LogP contribution in [0.25, 0.3) is 0 Å². The maximum Gasteiger partial charge on any atom is 0.308 e. The quantitative estimate of drug-likeness (QED) is 0.160. The van der Waals surface area contributed by atoms with Crippen LogP contribution in [0, 0.1) is 0 Å². The van der Waals surface area contributed by atoms with E-state index in [0.717, 1.165) is 22.3 Å². The van der Waals surface area contributed by atoms with Crippen LogP contribution in [-0.2, 0) is 57.1 Å². The van der Waals surface area contributed by atoms with Crippen molar-refractivity contribution in [3.05, 3.63) is 144 Å². The molecule has 0 unspecified atom stereocenters.